The maximum atomic E-state index is 11.9. The number of hydrogen-bond acceptors (Lipinski definition) is 3. The van der Waals surface area contributed by atoms with Gasteiger partial charge in [0.25, 0.3) is 0 Å². The van der Waals surface area contributed by atoms with Gasteiger partial charge in [-0.25, -0.2) is 4.79 Å². The standard InChI is InChI=1S/C15H14BrNO2/c1-10-2-4-11(5-3-10)9-19-15(18)12-6-13(16)8-14(17)7-12/h2-8H,9,17H2,1H3. The summed E-state index contributed by atoms with van der Waals surface area (Å²) in [6.45, 7) is 2.27. The Morgan fingerprint density at radius 3 is 2.53 bits per heavy atom. The molecule has 0 bridgehead atoms. The first-order valence-corrected chi connectivity index (χ1v) is 6.62. The van der Waals surface area contributed by atoms with E-state index in [0.717, 1.165) is 10.0 Å². The van der Waals surface area contributed by atoms with Gasteiger partial charge in [0.2, 0.25) is 0 Å². The molecule has 0 heterocycles. The molecule has 4 heteroatoms. The van der Waals surface area contributed by atoms with Crippen molar-refractivity contribution >= 4 is 27.6 Å². The Kier molecular flexibility index (Phi) is 4.22. The van der Waals surface area contributed by atoms with Gasteiger partial charge in [0, 0.05) is 10.2 Å². The summed E-state index contributed by atoms with van der Waals surface area (Å²) in [5.74, 6) is -0.381. The summed E-state index contributed by atoms with van der Waals surface area (Å²) in [5, 5.41) is 0. The molecule has 2 rings (SSSR count). The molecule has 3 nitrogen and oxygen atoms in total. The Bertz CT molecular complexity index is 573. The van der Waals surface area contributed by atoms with Gasteiger partial charge in [0.1, 0.15) is 6.61 Å². The largest absolute Gasteiger partial charge is 0.457 e. The van der Waals surface area contributed by atoms with E-state index in [1.54, 1.807) is 18.2 Å². The Balaban J connectivity index is 2.03. The monoisotopic (exact) mass is 319 g/mol. The van der Waals surface area contributed by atoms with Crippen LogP contribution >= 0.6 is 15.9 Å². The molecule has 0 aliphatic rings. The number of ether oxygens (including phenoxy) is 1. The molecule has 0 fully saturated rings. The van der Waals surface area contributed by atoms with Crippen molar-refractivity contribution in [1.82, 2.24) is 0 Å². The van der Waals surface area contributed by atoms with E-state index in [1.165, 1.54) is 5.56 Å². The van der Waals surface area contributed by atoms with Crippen molar-refractivity contribution in [3.63, 3.8) is 0 Å². The summed E-state index contributed by atoms with van der Waals surface area (Å²) in [5.41, 5.74) is 8.79. The van der Waals surface area contributed by atoms with Crippen LogP contribution in [0.4, 0.5) is 5.69 Å². The van der Waals surface area contributed by atoms with Crippen LogP contribution in [0.5, 0.6) is 0 Å². The molecule has 98 valence electrons. The molecule has 0 atom stereocenters. The zero-order chi connectivity index (χ0) is 13.8. The molecule has 19 heavy (non-hydrogen) atoms. The third-order valence-electron chi connectivity index (χ3n) is 2.65. The predicted molar refractivity (Wildman–Crippen MR) is 78.9 cm³/mol. The van der Waals surface area contributed by atoms with E-state index in [9.17, 15) is 4.79 Å². The first kappa shape index (κ1) is 13.6. The van der Waals surface area contributed by atoms with E-state index >= 15 is 0 Å². The minimum atomic E-state index is -0.381. The Morgan fingerprint density at radius 1 is 1.21 bits per heavy atom. The third-order valence-corrected chi connectivity index (χ3v) is 3.10. The molecule has 0 unspecified atom stereocenters. The fourth-order valence-corrected chi connectivity index (χ4v) is 2.16. The van der Waals surface area contributed by atoms with E-state index < -0.39 is 0 Å². The lowest BCUT2D eigenvalue weighted by Gasteiger charge is -2.06. The number of carbonyl (C=O) groups excluding carboxylic acids is 1. The molecule has 0 aliphatic heterocycles. The lowest BCUT2D eigenvalue weighted by atomic mass is 10.1. The van der Waals surface area contributed by atoms with Gasteiger partial charge in [0.15, 0.2) is 0 Å². The van der Waals surface area contributed by atoms with Gasteiger partial charge in [0.05, 0.1) is 5.56 Å². The highest BCUT2D eigenvalue weighted by Gasteiger charge is 2.09. The first-order valence-electron chi connectivity index (χ1n) is 5.83. The summed E-state index contributed by atoms with van der Waals surface area (Å²) in [6, 6.07) is 12.9. The second-order valence-electron chi connectivity index (χ2n) is 4.33. The molecule has 2 aromatic rings. The van der Waals surface area contributed by atoms with E-state index in [-0.39, 0.29) is 12.6 Å². The molecular weight excluding hydrogens is 306 g/mol. The number of rotatable bonds is 3. The van der Waals surface area contributed by atoms with Gasteiger partial charge in [-0.15, -0.1) is 0 Å². The van der Waals surface area contributed by atoms with Crippen LogP contribution in [-0.2, 0) is 11.3 Å². The van der Waals surface area contributed by atoms with Gasteiger partial charge >= 0.3 is 5.97 Å². The Hall–Kier alpha value is -1.81. The van der Waals surface area contributed by atoms with Gasteiger partial charge < -0.3 is 10.5 Å². The van der Waals surface area contributed by atoms with Crippen LogP contribution in [0.3, 0.4) is 0 Å². The highest BCUT2D eigenvalue weighted by atomic mass is 79.9. The average Bonchev–Trinajstić information content (AvgIpc) is 2.36. The second kappa shape index (κ2) is 5.89. The van der Waals surface area contributed by atoms with Crippen LogP contribution in [0, 0.1) is 6.92 Å². The van der Waals surface area contributed by atoms with E-state index in [4.69, 9.17) is 10.5 Å². The van der Waals surface area contributed by atoms with Crippen LogP contribution in [0.25, 0.3) is 0 Å². The lowest BCUT2D eigenvalue weighted by molar-refractivity contribution is 0.0472. The molecule has 0 amide bonds. The van der Waals surface area contributed by atoms with Crippen LogP contribution in [0.2, 0.25) is 0 Å². The van der Waals surface area contributed by atoms with Gasteiger partial charge in [-0.3, -0.25) is 0 Å². The highest BCUT2D eigenvalue weighted by Crippen LogP contribution is 2.18. The molecular formula is C15H14BrNO2. The summed E-state index contributed by atoms with van der Waals surface area (Å²) in [7, 11) is 0. The number of benzene rings is 2. The quantitative estimate of drug-likeness (QED) is 0.693. The van der Waals surface area contributed by atoms with Crippen LogP contribution in [0.15, 0.2) is 46.9 Å². The minimum Gasteiger partial charge on any atom is -0.457 e. The van der Waals surface area contributed by atoms with Crippen molar-refractivity contribution in [2.24, 2.45) is 0 Å². The van der Waals surface area contributed by atoms with Crippen molar-refractivity contribution < 1.29 is 9.53 Å². The smallest absolute Gasteiger partial charge is 0.338 e. The Morgan fingerprint density at radius 2 is 1.89 bits per heavy atom. The fourth-order valence-electron chi connectivity index (χ4n) is 1.65. The van der Waals surface area contributed by atoms with Crippen LogP contribution in [0.1, 0.15) is 21.5 Å². The molecule has 0 radical (unpaired) electrons. The van der Waals surface area contributed by atoms with Gasteiger partial charge in [-0.05, 0) is 30.7 Å². The summed E-state index contributed by atoms with van der Waals surface area (Å²) in [6.07, 6.45) is 0. The summed E-state index contributed by atoms with van der Waals surface area (Å²) < 4.78 is 6.01. The predicted octanol–water partition coefficient (Wildman–Crippen LogP) is 3.70. The Labute approximate surface area is 120 Å². The maximum Gasteiger partial charge on any atom is 0.338 e. The maximum absolute atomic E-state index is 11.9. The topological polar surface area (TPSA) is 52.3 Å². The van der Waals surface area contributed by atoms with Gasteiger partial charge in [-0.2, -0.15) is 0 Å². The minimum absolute atomic E-state index is 0.255. The van der Waals surface area contributed by atoms with E-state index in [1.807, 2.05) is 31.2 Å². The van der Waals surface area contributed by atoms with Crippen molar-refractivity contribution in [2.75, 3.05) is 5.73 Å². The highest BCUT2D eigenvalue weighted by molar-refractivity contribution is 9.10. The molecule has 0 aromatic heterocycles. The summed E-state index contributed by atoms with van der Waals surface area (Å²) >= 11 is 3.30. The van der Waals surface area contributed by atoms with Crippen molar-refractivity contribution in [3.8, 4) is 0 Å². The molecule has 0 aliphatic carbocycles. The summed E-state index contributed by atoms with van der Waals surface area (Å²) in [4.78, 5) is 11.9. The van der Waals surface area contributed by atoms with Crippen molar-refractivity contribution in [2.45, 2.75) is 13.5 Å². The first-order chi connectivity index (χ1) is 9.04. The number of carbonyl (C=O) groups is 1. The zero-order valence-electron chi connectivity index (χ0n) is 10.5. The van der Waals surface area contributed by atoms with Crippen molar-refractivity contribution in [1.29, 1.82) is 0 Å². The third kappa shape index (κ3) is 3.83. The molecule has 0 spiro atoms. The fraction of sp³-hybridized carbons (Fsp3) is 0.133. The van der Waals surface area contributed by atoms with Crippen LogP contribution < -0.4 is 5.73 Å². The normalized spacial score (nSPS) is 10.2. The molecule has 0 saturated heterocycles. The van der Waals surface area contributed by atoms with Crippen LogP contribution in [-0.4, -0.2) is 5.97 Å². The number of aryl methyl sites for hydroxylation is 1. The zero-order valence-corrected chi connectivity index (χ0v) is 12.1. The second-order valence-corrected chi connectivity index (χ2v) is 5.25. The molecule has 2 aromatic carbocycles. The SMILES string of the molecule is Cc1ccc(COC(=O)c2cc(N)cc(Br)c2)cc1. The van der Waals surface area contributed by atoms with E-state index in [0.29, 0.717) is 11.3 Å². The molecule has 2 N–H and O–H groups in total. The number of esters is 1. The van der Waals surface area contributed by atoms with Gasteiger partial charge in [-0.1, -0.05) is 45.8 Å². The lowest BCUT2D eigenvalue weighted by Crippen LogP contribution is -2.06. The van der Waals surface area contributed by atoms with E-state index in [2.05, 4.69) is 15.9 Å². The number of nitrogens with two attached hydrogens (primary N) is 1. The number of halogens is 1. The number of nitrogen functional groups attached to an aromatic ring is 1. The van der Waals surface area contributed by atoms with Crippen molar-refractivity contribution in [3.05, 3.63) is 63.6 Å². The molecule has 0 saturated carbocycles. The number of hydrogen-bond donors (Lipinski definition) is 1. The average molecular weight is 320 g/mol. The number of anilines is 1.